The van der Waals surface area contributed by atoms with Crippen molar-refractivity contribution in [1.82, 2.24) is 9.13 Å². The van der Waals surface area contributed by atoms with Crippen LogP contribution in [0.15, 0.2) is 126 Å². The van der Waals surface area contributed by atoms with E-state index in [4.69, 9.17) is 23.2 Å². The van der Waals surface area contributed by atoms with Crippen LogP contribution in [0.5, 0.6) is 0 Å². The molecule has 0 amide bonds. The van der Waals surface area contributed by atoms with E-state index in [-0.39, 0.29) is 0 Å². The molecule has 1 unspecified atom stereocenters. The minimum Gasteiger partial charge on any atom is -0.374 e. The van der Waals surface area contributed by atoms with Crippen LogP contribution in [0.4, 0.5) is 0 Å². The maximum atomic E-state index is 13.2. The van der Waals surface area contributed by atoms with E-state index < -0.39 is 5.60 Å². The molecule has 0 bridgehead atoms. The molecule has 0 saturated carbocycles. The Bertz CT molecular complexity index is 1740. The van der Waals surface area contributed by atoms with E-state index in [1.807, 2.05) is 119 Å². The van der Waals surface area contributed by atoms with E-state index >= 15 is 0 Å². The maximum absolute atomic E-state index is 13.2. The molecule has 4 aromatic carbocycles. The van der Waals surface area contributed by atoms with E-state index in [1.165, 1.54) is 0 Å². The van der Waals surface area contributed by atoms with Gasteiger partial charge in [0.1, 0.15) is 0 Å². The molecule has 0 radical (unpaired) electrons. The molecular formula is C31H21BrCl2N2O. The summed E-state index contributed by atoms with van der Waals surface area (Å²) in [7, 11) is 0. The van der Waals surface area contributed by atoms with Crippen LogP contribution in [-0.4, -0.2) is 14.2 Å². The topological polar surface area (TPSA) is 30.1 Å². The van der Waals surface area contributed by atoms with E-state index in [0.717, 1.165) is 32.2 Å². The van der Waals surface area contributed by atoms with E-state index in [9.17, 15) is 5.11 Å². The van der Waals surface area contributed by atoms with Crippen LogP contribution >= 0.6 is 39.1 Å². The Labute approximate surface area is 233 Å². The van der Waals surface area contributed by atoms with Crippen LogP contribution in [0.1, 0.15) is 16.8 Å². The molecule has 0 fully saturated rings. The lowest BCUT2D eigenvalue weighted by atomic mass is 9.80. The largest absolute Gasteiger partial charge is 0.374 e. The van der Waals surface area contributed by atoms with Gasteiger partial charge in [-0.25, -0.2) is 0 Å². The number of nitrogens with zero attached hydrogens (tertiary/aromatic N) is 2. The predicted octanol–water partition coefficient (Wildman–Crippen LogP) is 8.77. The van der Waals surface area contributed by atoms with E-state index in [1.54, 1.807) is 0 Å². The number of hydrogen-bond donors (Lipinski definition) is 1. The molecule has 6 heteroatoms. The molecule has 0 aliphatic carbocycles. The lowest BCUT2D eigenvalue weighted by Gasteiger charge is -2.34. The van der Waals surface area contributed by atoms with Crippen molar-refractivity contribution in [2.24, 2.45) is 0 Å². The van der Waals surface area contributed by atoms with Crippen molar-refractivity contribution >= 4 is 49.9 Å². The van der Waals surface area contributed by atoms with Gasteiger partial charge in [0.15, 0.2) is 5.60 Å². The summed E-state index contributed by atoms with van der Waals surface area (Å²) in [5, 5.41) is 16.3. The lowest BCUT2D eigenvalue weighted by Crippen LogP contribution is -2.33. The first kappa shape index (κ1) is 24.1. The number of rotatable bonds is 5. The number of hydrogen-bond acceptors (Lipinski definition) is 1. The molecule has 2 heterocycles. The maximum Gasteiger partial charge on any atom is 0.158 e. The molecular weight excluding hydrogens is 567 g/mol. The molecule has 37 heavy (non-hydrogen) atoms. The molecule has 1 N–H and O–H groups in total. The molecule has 6 rings (SSSR count). The monoisotopic (exact) mass is 586 g/mol. The molecule has 6 aromatic rings. The second-order valence-electron chi connectivity index (χ2n) is 8.85. The second kappa shape index (κ2) is 9.55. The Morgan fingerprint density at radius 3 is 2.14 bits per heavy atom. The smallest absolute Gasteiger partial charge is 0.158 e. The zero-order valence-corrected chi connectivity index (χ0v) is 22.6. The Balaban J connectivity index is 1.73. The number of aliphatic hydroxyl groups is 1. The molecule has 0 aliphatic rings. The summed E-state index contributed by atoms with van der Waals surface area (Å²) in [5.41, 5.74) is 2.19. The molecule has 1 atom stereocenters. The molecule has 2 aromatic heterocycles. The normalized spacial score (nSPS) is 13.1. The highest BCUT2D eigenvalue weighted by Gasteiger charge is 2.40. The molecule has 0 aliphatic heterocycles. The summed E-state index contributed by atoms with van der Waals surface area (Å²) in [6.07, 6.45) is 5.87. The van der Waals surface area contributed by atoms with Crippen molar-refractivity contribution in [3.63, 3.8) is 0 Å². The van der Waals surface area contributed by atoms with Crippen molar-refractivity contribution in [2.75, 3.05) is 0 Å². The Hall–Kier alpha value is -3.28. The van der Waals surface area contributed by atoms with Gasteiger partial charge in [-0.3, -0.25) is 0 Å². The van der Waals surface area contributed by atoms with Crippen LogP contribution in [-0.2, 0) is 5.60 Å². The van der Waals surface area contributed by atoms with Gasteiger partial charge >= 0.3 is 0 Å². The van der Waals surface area contributed by atoms with Crippen molar-refractivity contribution in [1.29, 1.82) is 0 Å². The number of benzene rings is 4. The van der Waals surface area contributed by atoms with Crippen LogP contribution < -0.4 is 0 Å². The van der Waals surface area contributed by atoms with E-state index in [2.05, 4.69) is 28.1 Å². The number of halogens is 3. The van der Waals surface area contributed by atoms with Gasteiger partial charge in [0, 0.05) is 44.2 Å². The summed E-state index contributed by atoms with van der Waals surface area (Å²) >= 11 is 16.5. The number of aromatic nitrogens is 2. The minimum absolute atomic E-state index is 0.537. The second-order valence-corrected chi connectivity index (χ2v) is 10.6. The first-order valence-corrected chi connectivity index (χ1v) is 13.3. The highest BCUT2D eigenvalue weighted by molar-refractivity contribution is 9.10. The Kier molecular flexibility index (Phi) is 6.21. The molecule has 0 spiro atoms. The highest BCUT2D eigenvalue weighted by Crippen LogP contribution is 2.44. The Morgan fingerprint density at radius 1 is 0.649 bits per heavy atom. The zero-order chi connectivity index (χ0) is 25.6. The van der Waals surface area contributed by atoms with Crippen molar-refractivity contribution in [3.8, 4) is 11.4 Å². The van der Waals surface area contributed by atoms with Gasteiger partial charge in [-0.15, -0.1) is 0 Å². The highest BCUT2D eigenvalue weighted by atomic mass is 79.9. The molecule has 3 nitrogen and oxygen atoms in total. The Morgan fingerprint density at radius 2 is 1.35 bits per heavy atom. The fraction of sp³-hybridized carbons (Fsp3) is 0.0323. The molecule has 182 valence electrons. The minimum atomic E-state index is -1.58. The van der Waals surface area contributed by atoms with Crippen LogP contribution in [0, 0.1) is 0 Å². The van der Waals surface area contributed by atoms with Gasteiger partial charge in [-0.05, 0) is 87.4 Å². The summed E-state index contributed by atoms with van der Waals surface area (Å²) in [6.45, 7) is 0. The average molecular weight is 588 g/mol. The number of fused-ring (bicyclic) bond motifs is 1. The predicted molar refractivity (Wildman–Crippen MR) is 155 cm³/mol. The van der Waals surface area contributed by atoms with Crippen LogP contribution in [0.3, 0.4) is 0 Å². The fourth-order valence-corrected chi connectivity index (χ4v) is 6.09. The first-order chi connectivity index (χ1) is 18.0. The van der Waals surface area contributed by atoms with Gasteiger partial charge in [-0.1, -0.05) is 65.7 Å². The standard InChI is InChI=1S/C31H21BrCl2N2O/c32-27-20-23(34)13-15-29(27)36-18-6-11-30(36)31(37,25-10-5-8-21-7-1-2-9-24(21)25)26-19-22(33)12-14-28(26)35-16-3-4-17-35/h1-20,37H. The van der Waals surface area contributed by atoms with Crippen LogP contribution in [0.2, 0.25) is 10.0 Å². The third kappa shape index (κ3) is 4.11. The first-order valence-electron chi connectivity index (χ1n) is 11.7. The summed E-state index contributed by atoms with van der Waals surface area (Å²) < 4.78 is 4.80. The third-order valence-electron chi connectivity index (χ3n) is 6.70. The van der Waals surface area contributed by atoms with Crippen molar-refractivity contribution < 1.29 is 5.11 Å². The quantitative estimate of drug-likeness (QED) is 0.215. The SMILES string of the molecule is OC(c1cc(Cl)ccc1-n1cccc1)(c1cccc2ccccc12)c1cccn1-c1ccc(Cl)cc1Br. The fourth-order valence-electron chi connectivity index (χ4n) is 5.04. The van der Waals surface area contributed by atoms with Gasteiger partial charge in [0.2, 0.25) is 0 Å². The van der Waals surface area contributed by atoms with Gasteiger partial charge < -0.3 is 14.2 Å². The summed E-state index contributed by atoms with van der Waals surface area (Å²) in [4.78, 5) is 0. The lowest BCUT2D eigenvalue weighted by molar-refractivity contribution is 0.120. The average Bonchev–Trinajstić information content (AvgIpc) is 3.61. The van der Waals surface area contributed by atoms with Crippen LogP contribution in [0.25, 0.3) is 22.1 Å². The summed E-state index contributed by atoms with van der Waals surface area (Å²) in [5.74, 6) is 0. The van der Waals surface area contributed by atoms with Gasteiger partial charge in [0.25, 0.3) is 0 Å². The molecule has 0 saturated heterocycles. The summed E-state index contributed by atoms with van der Waals surface area (Å²) in [6, 6.07) is 33.2. The van der Waals surface area contributed by atoms with Gasteiger partial charge in [0.05, 0.1) is 17.1 Å². The zero-order valence-electron chi connectivity index (χ0n) is 19.5. The van der Waals surface area contributed by atoms with Gasteiger partial charge in [-0.2, -0.15) is 0 Å². The van der Waals surface area contributed by atoms with Crippen molar-refractivity contribution in [2.45, 2.75) is 5.60 Å². The van der Waals surface area contributed by atoms with E-state index in [0.29, 0.717) is 21.3 Å². The van der Waals surface area contributed by atoms with Crippen molar-refractivity contribution in [3.05, 3.63) is 153 Å². The third-order valence-corrected chi connectivity index (χ3v) is 7.80.